The fraction of sp³-hybridized carbons (Fsp3) is 0.500. The zero-order chi connectivity index (χ0) is 32.7. The lowest BCUT2D eigenvalue weighted by Crippen LogP contribution is -2.46. The number of rotatable bonds is 12. The Labute approximate surface area is 257 Å². The highest BCUT2D eigenvalue weighted by molar-refractivity contribution is 7.61. The summed E-state index contributed by atoms with van der Waals surface area (Å²) in [6, 6.07) is 2.95. The fourth-order valence-corrected chi connectivity index (χ4v) is 6.92. The number of hydrogen-bond acceptors (Lipinski definition) is 16. The number of imidazole rings is 1. The molecule has 2 aliphatic rings. The van der Waals surface area contributed by atoms with Crippen molar-refractivity contribution in [2.75, 3.05) is 24.8 Å². The maximum absolute atomic E-state index is 12.5. The van der Waals surface area contributed by atoms with Gasteiger partial charge in [-0.3, -0.25) is 18.4 Å². The lowest BCUT2D eigenvalue weighted by molar-refractivity contribution is -0.765. The van der Waals surface area contributed by atoms with Gasteiger partial charge in [0.2, 0.25) is 0 Å². The van der Waals surface area contributed by atoms with E-state index in [1.807, 2.05) is 0 Å². The number of aliphatic hydroxyl groups excluding tert-OH is 4. The second kappa shape index (κ2) is 13.3. The molecule has 5 rings (SSSR count). The number of ether oxygens (including phenoxy) is 2. The smallest absolute Gasteiger partial charge is 0.387 e. The van der Waals surface area contributed by atoms with Gasteiger partial charge in [-0.2, -0.15) is 8.88 Å². The van der Waals surface area contributed by atoms with Gasteiger partial charge in [-0.25, -0.2) is 24.1 Å². The first-order chi connectivity index (χ1) is 21.2. The highest BCUT2D eigenvalue weighted by atomic mass is 35.5. The Hall–Kier alpha value is -2.52. The summed E-state index contributed by atoms with van der Waals surface area (Å²) in [6.45, 7) is -1.79. The van der Waals surface area contributed by atoms with Gasteiger partial charge >= 0.3 is 15.6 Å². The van der Waals surface area contributed by atoms with Gasteiger partial charge in [0.25, 0.3) is 6.23 Å². The van der Waals surface area contributed by atoms with E-state index in [9.17, 15) is 44.1 Å². The molecule has 0 aliphatic carbocycles. The second-order valence-electron chi connectivity index (χ2n) is 9.88. The maximum atomic E-state index is 12.5. The molecule has 3 aromatic rings. The Morgan fingerprint density at radius 1 is 1.00 bits per heavy atom. The number of aromatic nitrogens is 5. The van der Waals surface area contributed by atoms with Crippen LogP contribution in [0.15, 0.2) is 37.2 Å². The number of ketones is 1. The summed E-state index contributed by atoms with van der Waals surface area (Å²) in [5.74, 6) is -0.659. The quantitative estimate of drug-likeness (QED) is 0.0480. The summed E-state index contributed by atoms with van der Waals surface area (Å²) < 4.78 is 52.2. The highest BCUT2D eigenvalue weighted by Crippen LogP contribution is 2.60. The van der Waals surface area contributed by atoms with Gasteiger partial charge in [-0.1, -0.05) is 0 Å². The average Bonchev–Trinajstić information content (AvgIpc) is 3.64. The molecule has 0 amide bonds. The van der Waals surface area contributed by atoms with E-state index in [-0.39, 0.29) is 28.4 Å². The van der Waals surface area contributed by atoms with E-state index >= 15 is 0 Å². The minimum absolute atomic E-state index is 0.0511. The number of anilines is 1. The van der Waals surface area contributed by atoms with Crippen molar-refractivity contribution in [1.82, 2.24) is 19.5 Å². The summed E-state index contributed by atoms with van der Waals surface area (Å²) in [5, 5.41) is 41.8. The van der Waals surface area contributed by atoms with Crippen LogP contribution in [0.1, 0.15) is 22.8 Å². The number of halogens is 1. The molecule has 2 unspecified atom stereocenters. The fourth-order valence-electron chi connectivity index (χ4n) is 4.67. The molecule has 8 N–H and O–H groups in total. The van der Waals surface area contributed by atoms with Gasteiger partial charge in [0.05, 0.1) is 31.0 Å². The number of nitrogens with zero attached hydrogens (tertiary/aromatic N) is 5. The topological polar surface area (TPSA) is 292 Å². The number of Topliss-reactive ketones (excluding diaryl/α,β-unsaturated/α-hetero) is 1. The summed E-state index contributed by atoms with van der Waals surface area (Å²) in [5.41, 5.74) is 6.31. The molecular weight excluding hydrogens is 670 g/mol. The maximum Gasteiger partial charge on any atom is 0.481 e. The second-order valence-corrected chi connectivity index (χ2v) is 13.2. The summed E-state index contributed by atoms with van der Waals surface area (Å²) in [6.07, 6.45) is -6.72. The van der Waals surface area contributed by atoms with E-state index in [1.54, 1.807) is 0 Å². The van der Waals surface area contributed by atoms with Crippen molar-refractivity contribution >= 4 is 50.0 Å². The molecule has 2 fully saturated rings. The van der Waals surface area contributed by atoms with Gasteiger partial charge in [-0.05, 0) is 6.07 Å². The first-order valence-electron chi connectivity index (χ1n) is 12.9. The third-order valence-corrected chi connectivity index (χ3v) is 9.75. The number of fused-ring (bicyclic) bond motifs is 1. The van der Waals surface area contributed by atoms with Crippen LogP contribution < -0.4 is 10.3 Å². The molecule has 0 spiro atoms. The SMILES string of the molecule is Nc1ncnc2c1ncn2[C@@H]1O[C@H](COP(=O)(O)OP(=O)(O)OC[C@H]2O[C@@H]([n+]3cccc(C(=O)CCl)c3)[C@H](O)[C@@H]2O)[C@@H](O)[C@H]1O. The first-order valence-corrected chi connectivity index (χ1v) is 16.5. The van der Waals surface area contributed by atoms with Crippen LogP contribution >= 0.6 is 27.2 Å². The van der Waals surface area contributed by atoms with Crippen LogP contribution in [0.2, 0.25) is 0 Å². The number of alkyl halides is 1. The number of phosphoric acid groups is 2. The Kier molecular flexibility index (Phi) is 10.0. The van der Waals surface area contributed by atoms with Crippen LogP contribution in [-0.4, -0.2) is 111 Å². The zero-order valence-electron chi connectivity index (χ0n) is 22.7. The zero-order valence-corrected chi connectivity index (χ0v) is 25.3. The monoisotopic (exact) mass is 697 g/mol. The Morgan fingerprint density at radius 2 is 1.64 bits per heavy atom. The summed E-state index contributed by atoms with van der Waals surface area (Å²) >= 11 is 5.57. The largest absolute Gasteiger partial charge is 0.481 e. The third kappa shape index (κ3) is 7.24. The van der Waals surface area contributed by atoms with Crippen molar-refractivity contribution in [3.8, 4) is 0 Å². The average molecular weight is 698 g/mol. The Morgan fingerprint density at radius 3 is 2.31 bits per heavy atom. The van der Waals surface area contributed by atoms with E-state index in [4.69, 9.17) is 35.9 Å². The predicted molar refractivity (Wildman–Crippen MR) is 146 cm³/mol. The number of nitrogens with two attached hydrogens (primary N) is 1. The van der Waals surface area contributed by atoms with Crippen LogP contribution in [-0.2, 0) is 32.0 Å². The first kappa shape index (κ1) is 33.8. The van der Waals surface area contributed by atoms with E-state index in [2.05, 4.69) is 19.3 Å². The number of pyridine rings is 1. The van der Waals surface area contributed by atoms with Gasteiger partial charge in [-0.15, -0.1) is 11.6 Å². The molecule has 0 saturated carbocycles. The van der Waals surface area contributed by atoms with Crippen LogP contribution in [0.4, 0.5) is 5.82 Å². The summed E-state index contributed by atoms with van der Waals surface area (Å²) in [4.78, 5) is 43.8. The van der Waals surface area contributed by atoms with Gasteiger partial charge in [0, 0.05) is 6.07 Å². The molecule has 23 heteroatoms. The molecule has 0 radical (unpaired) electrons. The number of hydrogen-bond donors (Lipinski definition) is 7. The van der Waals surface area contributed by atoms with E-state index < -0.39 is 83.7 Å². The summed E-state index contributed by atoms with van der Waals surface area (Å²) in [7, 11) is -10.7. The molecule has 0 bridgehead atoms. The number of phosphoric ester groups is 2. The molecule has 246 valence electrons. The van der Waals surface area contributed by atoms with Gasteiger partial charge in [0.15, 0.2) is 42.0 Å². The van der Waals surface area contributed by atoms with E-state index in [1.165, 1.54) is 40.0 Å². The van der Waals surface area contributed by atoms with Crippen LogP contribution in [0.3, 0.4) is 0 Å². The Bertz CT molecular complexity index is 1650. The molecule has 45 heavy (non-hydrogen) atoms. The predicted octanol–water partition coefficient (Wildman–Crippen LogP) is -1.69. The number of aliphatic hydroxyl groups is 4. The molecule has 2 saturated heterocycles. The van der Waals surface area contributed by atoms with Crippen molar-refractivity contribution in [3.05, 3.63) is 42.7 Å². The Balaban J connectivity index is 1.16. The number of carbonyl (C=O) groups excluding carboxylic acids is 1. The van der Waals surface area contributed by atoms with Crippen LogP contribution in [0.25, 0.3) is 11.2 Å². The minimum atomic E-state index is -5.37. The lowest BCUT2D eigenvalue weighted by atomic mass is 10.1. The molecule has 0 aromatic carbocycles. The van der Waals surface area contributed by atoms with Crippen LogP contribution in [0.5, 0.6) is 0 Å². The van der Waals surface area contributed by atoms with Crippen molar-refractivity contribution < 1.29 is 71.5 Å². The molecule has 2 aliphatic heterocycles. The highest BCUT2D eigenvalue weighted by Gasteiger charge is 2.50. The molecule has 10 atom stereocenters. The lowest BCUT2D eigenvalue weighted by Gasteiger charge is -2.20. The van der Waals surface area contributed by atoms with Gasteiger partial charge < -0.3 is 45.4 Å². The van der Waals surface area contributed by atoms with Gasteiger partial charge in [0.1, 0.15) is 42.4 Å². The molecule has 20 nitrogen and oxygen atoms in total. The van der Waals surface area contributed by atoms with Crippen LogP contribution in [0, 0.1) is 0 Å². The van der Waals surface area contributed by atoms with Crippen molar-refractivity contribution in [2.24, 2.45) is 0 Å². The van der Waals surface area contributed by atoms with E-state index in [0.717, 1.165) is 6.33 Å². The number of carbonyl (C=O) groups is 1. The normalized spacial score (nSPS) is 31.2. The standard InChI is InChI=1S/C22H27ClN6O14P2/c23-4-11(30)10-2-1-3-28(5-10)21-17(33)15(31)12(41-21)6-39-44(35,36)43-45(37,38)40-7-13-16(32)18(34)22(42-13)29-9-27-14-19(24)25-8-26-20(14)29/h1-3,5,8-9,12-13,15-18,21-22,31-34H,4,6-7H2,(H3-,24,25,26,35,36,37,38)/p+1/t12-,13-,15-,16-,17-,18-,21-,22-/m1/s1. The van der Waals surface area contributed by atoms with E-state index in [0.29, 0.717) is 0 Å². The van der Waals surface area contributed by atoms with Crippen molar-refractivity contribution in [3.63, 3.8) is 0 Å². The third-order valence-electron chi connectivity index (χ3n) is 6.91. The minimum Gasteiger partial charge on any atom is -0.387 e. The van der Waals surface area contributed by atoms with Crippen molar-refractivity contribution in [2.45, 2.75) is 49.1 Å². The number of nitrogen functional groups attached to an aromatic ring is 1. The van der Waals surface area contributed by atoms with Crippen molar-refractivity contribution in [1.29, 1.82) is 0 Å². The molecule has 3 aromatic heterocycles. The molecular formula is C22H28ClN6O14P2+. The molecule has 5 heterocycles.